The van der Waals surface area contributed by atoms with Crippen LogP contribution in [0.25, 0.3) is 0 Å². The Morgan fingerprint density at radius 2 is 2.33 bits per heavy atom. The van der Waals surface area contributed by atoms with E-state index in [1.807, 2.05) is 0 Å². The number of hydrogen-bond donors (Lipinski definition) is 1. The van der Waals surface area contributed by atoms with Gasteiger partial charge in [0.15, 0.2) is 6.61 Å². The molecule has 114 valence electrons. The highest BCUT2D eigenvalue weighted by Crippen LogP contribution is 2.24. The van der Waals surface area contributed by atoms with Crippen molar-refractivity contribution in [2.75, 3.05) is 19.8 Å². The van der Waals surface area contributed by atoms with Gasteiger partial charge in [-0.3, -0.25) is 14.9 Å². The minimum Gasteiger partial charge on any atom is -0.451 e. The Bertz CT molecular complexity index is 538. The average Bonchev–Trinajstić information content (AvgIpc) is 3.12. The van der Waals surface area contributed by atoms with Crippen molar-refractivity contribution in [1.82, 2.24) is 5.32 Å². The van der Waals surface area contributed by atoms with Crippen LogP contribution in [-0.4, -0.2) is 42.7 Å². The van der Waals surface area contributed by atoms with Crippen LogP contribution in [-0.2, 0) is 14.3 Å². The fourth-order valence-electron chi connectivity index (χ4n) is 1.82. The van der Waals surface area contributed by atoms with Crippen LogP contribution in [0.5, 0.6) is 0 Å². The van der Waals surface area contributed by atoms with Gasteiger partial charge in [0.2, 0.25) is 0 Å². The van der Waals surface area contributed by atoms with E-state index in [0.29, 0.717) is 24.5 Å². The van der Waals surface area contributed by atoms with E-state index in [4.69, 9.17) is 9.47 Å². The van der Waals surface area contributed by atoms with E-state index in [-0.39, 0.29) is 16.0 Å². The second-order valence-corrected chi connectivity index (χ2v) is 5.47. The first-order chi connectivity index (χ1) is 10.1. The molecule has 0 spiro atoms. The number of nitrogens with zero attached hydrogens (tertiary/aromatic N) is 1. The van der Waals surface area contributed by atoms with Crippen molar-refractivity contribution in [2.45, 2.75) is 18.9 Å². The van der Waals surface area contributed by atoms with E-state index in [1.165, 1.54) is 12.1 Å². The maximum absolute atomic E-state index is 11.6. The van der Waals surface area contributed by atoms with Crippen molar-refractivity contribution in [2.24, 2.45) is 0 Å². The van der Waals surface area contributed by atoms with Gasteiger partial charge in [-0.2, -0.15) is 0 Å². The van der Waals surface area contributed by atoms with E-state index >= 15 is 0 Å². The molecule has 8 nitrogen and oxygen atoms in total. The number of thiophene rings is 1. The van der Waals surface area contributed by atoms with Gasteiger partial charge in [0.1, 0.15) is 4.88 Å². The Balaban J connectivity index is 1.72. The SMILES string of the molecule is O=C(COC(=O)c1ccc([N+](=O)[O-])s1)NCC1CCCO1. The lowest BCUT2D eigenvalue weighted by Crippen LogP contribution is -2.34. The summed E-state index contributed by atoms with van der Waals surface area (Å²) in [4.78, 5) is 33.1. The van der Waals surface area contributed by atoms with Crippen LogP contribution < -0.4 is 5.32 Å². The molecule has 0 saturated carbocycles. The van der Waals surface area contributed by atoms with E-state index < -0.39 is 23.4 Å². The topological polar surface area (TPSA) is 108 Å². The van der Waals surface area contributed by atoms with Crippen molar-refractivity contribution < 1.29 is 24.0 Å². The molecule has 0 radical (unpaired) electrons. The molecule has 9 heteroatoms. The maximum Gasteiger partial charge on any atom is 0.349 e. The highest BCUT2D eigenvalue weighted by Gasteiger charge is 2.19. The number of nitro groups is 1. The van der Waals surface area contributed by atoms with Gasteiger partial charge in [0, 0.05) is 19.2 Å². The number of rotatable bonds is 6. The predicted octanol–water partition coefficient (Wildman–Crippen LogP) is 1.11. The summed E-state index contributed by atoms with van der Waals surface area (Å²) in [6, 6.07) is 2.52. The second-order valence-electron chi connectivity index (χ2n) is 4.41. The van der Waals surface area contributed by atoms with Crippen LogP contribution in [0.1, 0.15) is 22.5 Å². The number of nitrogens with one attached hydrogen (secondary N) is 1. The molecule has 1 N–H and O–H groups in total. The highest BCUT2D eigenvalue weighted by molar-refractivity contribution is 7.17. The molecule has 1 aromatic heterocycles. The lowest BCUT2D eigenvalue weighted by molar-refractivity contribution is -0.380. The summed E-state index contributed by atoms with van der Waals surface area (Å²) in [5.74, 6) is -1.18. The lowest BCUT2D eigenvalue weighted by Gasteiger charge is -2.10. The van der Waals surface area contributed by atoms with Gasteiger partial charge in [-0.1, -0.05) is 11.3 Å². The number of amides is 1. The summed E-state index contributed by atoms with van der Waals surface area (Å²) in [5, 5.41) is 13.0. The van der Waals surface area contributed by atoms with Crippen LogP contribution in [0, 0.1) is 10.1 Å². The summed E-state index contributed by atoms with van der Waals surface area (Å²) in [5.41, 5.74) is 0. The molecule has 1 aliphatic rings. The zero-order valence-electron chi connectivity index (χ0n) is 11.1. The van der Waals surface area contributed by atoms with Crippen molar-refractivity contribution in [1.29, 1.82) is 0 Å². The Labute approximate surface area is 124 Å². The average molecular weight is 314 g/mol. The lowest BCUT2D eigenvalue weighted by atomic mass is 10.2. The second kappa shape index (κ2) is 7.14. The van der Waals surface area contributed by atoms with Gasteiger partial charge in [0.25, 0.3) is 5.91 Å². The molecule has 21 heavy (non-hydrogen) atoms. The van der Waals surface area contributed by atoms with Crippen molar-refractivity contribution >= 4 is 28.2 Å². The van der Waals surface area contributed by atoms with Crippen molar-refractivity contribution in [3.05, 3.63) is 27.1 Å². The number of esters is 1. The molecular formula is C12H14N2O6S. The van der Waals surface area contributed by atoms with Gasteiger partial charge in [-0.15, -0.1) is 0 Å². The molecule has 0 aromatic carbocycles. The molecule has 1 amide bonds. The zero-order chi connectivity index (χ0) is 15.2. The standard InChI is InChI=1S/C12H14N2O6S/c15-10(13-6-8-2-1-5-19-8)7-20-12(16)9-3-4-11(21-9)14(17)18/h3-4,8H,1-2,5-7H2,(H,13,15). The molecule has 0 aliphatic carbocycles. The van der Waals surface area contributed by atoms with Crippen LogP contribution in [0.3, 0.4) is 0 Å². The molecule has 0 bridgehead atoms. The smallest absolute Gasteiger partial charge is 0.349 e. The molecule has 1 saturated heterocycles. The molecule has 2 rings (SSSR count). The first kappa shape index (κ1) is 15.4. The first-order valence-electron chi connectivity index (χ1n) is 6.36. The largest absolute Gasteiger partial charge is 0.451 e. The summed E-state index contributed by atoms with van der Waals surface area (Å²) in [7, 11) is 0. The Morgan fingerprint density at radius 3 is 2.95 bits per heavy atom. The van der Waals surface area contributed by atoms with Gasteiger partial charge in [0.05, 0.1) is 11.0 Å². The van der Waals surface area contributed by atoms with Crippen LogP contribution in [0.15, 0.2) is 12.1 Å². The van der Waals surface area contributed by atoms with E-state index in [0.717, 1.165) is 12.8 Å². The van der Waals surface area contributed by atoms with Crippen LogP contribution in [0.4, 0.5) is 5.00 Å². The van der Waals surface area contributed by atoms with E-state index in [2.05, 4.69) is 5.32 Å². The van der Waals surface area contributed by atoms with Crippen LogP contribution in [0.2, 0.25) is 0 Å². The Morgan fingerprint density at radius 1 is 1.52 bits per heavy atom. The van der Waals surface area contributed by atoms with Gasteiger partial charge >= 0.3 is 11.0 Å². The quantitative estimate of drug-likeness (QED) is 0.479. The third-order valence-corrected chi connectivity index (χ3v) is 3.88. The first-order valence-corrected chi connectivity index (χ1v) is 7.17. The Hall–Kier alpha value is -2.00. The fourth-order valence-corrected chi connectivity index (χ4v) is 2.54. The summed E-state index contributed by atoms with van der Waals surface area (Å²) >= 11 is 0.709. The van der Waals surface area contributed by atoms with Crippen molar-refractivity contribution in [3.8, 4) is 0 Å². The molecular weight excluding hydrogens is 300 g/mol. The minimum atomic E-state index is -0.750. The summed E-state index contributed by atoms with van der Waals surface area (Å²) < 4.78 is 10.1. The molecule has 1 aromatic rings. The molecule has 1 fully saturated rings. The Kier molecular flexibility index (Phi) is 5.23. The van der Waals surface area contributed by atoms with E-state index in [9.17, 15) is 19.7 Å². The number of carbonyl (C=O) groups excluding carboxylic acids is 2. The minimum absolute atomic E-state index is 0.0181. The fraction of sp³-hybridized carbons (Fsp3) is 0.500. The molecule has 1 atom stereocenters. The monoisotopic (exact) mass is 314 g/mol. The third-order valence-electron chi connectivity index (χ3n) is 2.86. The number of hydrogen-bond acceptors (Lipinski definition) is 7. The number of ether oxygens (including phenoxy) is 2. The highest BCUT2D eigenvalue weighted by atomic mass is 32.1. The van der Waals surface area contributed by atoms with Gasteiger partial charge in [-0.05, 0) is 18.9 Å². The van der Waals surface area contributed by atoms with Gasteiger partial charge < -0.3 is 14.8 Å². The zero-order valence-corrected chi connectivity index (χ0v) is 11.9. The summed E-state index contributed by atoms with van der Waals surface area (Å²) in [6.45, 7) is 0.671. The van der Waals surface area contributed by atoms with Crippen LogP contribution >= 0.6 is 11.3 Å². The normalized spacial score (nSPS) is 17.4. The van der Waals surface area contributed by atoms with E-state index in [1.54, 1.807) is 0 Å². The maximum atomic E-state index is 11.6. The number of carbonyl (C=O) groups is 2. The summed E-state index contributed by atoms with van der Waals surface area (Å²) in [6.07, 6.45) is 1.90. The third kappa shape index (κ3) is 4.50. The molecule has 1 aliphatic heterocycles. The predicted molar refractivity (Wildman–Crippen MR) is 73.2 cm³/mol. The molecule has 2 heterocycles. The van der Waals surface area contributed by atoms with Gasteiger partial charge in [-0.25, -0.2) is 4.79 Å². The van der Waals surface area contributed by atoms with Crippen molar-refractivity contribution in [3.63, 3.8) is 0 Å². The molecule has 1 unspecified atom stereocenters.